The van der Waals surface area contributed by atoms with Crippen LogP contribution in [0.5, 0.6) is 0 Å². The summed E-state index contributed by atoms with van der Waals surface area (Å²) in [5, 5.41) is 3.72. The highest BCUT2D eigenvalue weighted by Gasteiger charge is 2.20. The predicted octanol–water partition coefficient (Wildman–Crippen LogP) is 2.49. The van der Waals surface area contributed by atoms with Gasteiger partial charge < -0.3 is 10.1 Å². The van der Waals surface area contributed by atoms with Gasteiger partial charge in [-0.1, -0.05) is 24.4 Å². The third kappa shape index (κ3) is 3.61. The van der Waals surface area contributed by atoms with Crippen LogP contribution in [0.2, 0.25) is 5.15 Å². The fraction of sp³-hybridized carbons (Fsp3) is 0.636. The van der Waals surface area contributed by atoms with Crippen LogP contribution < -0.4 is 5.32 Å². The van der Waals surface area contributed by atoms with E-state index in [1.54, 1.807) is 13.2 Å². The van der Waals surface area contributed by atoms with Gasteiger partial charge >= 0.3 is 0 Å². The summed E-state index contributed by atoms with van der Waals surface area (Å²) in [5.41, 5.74) is 0. The average Bonchev–Trinajstić information content (AvgIpc) is 3.01. The lowest BCUT2D eigenvalue weighted by Crippen LogP contribution is -2.07. The van der Waals surface area contributed by atoms with E-state index in [9.17, 15) is 0 Å². The molecular weight excluding hydrogens is 226 g/mol. The van der Waals surface area contributed by atoms with Gasteiger partial charge in [-0.05, 0) is 12.3 Å². The number of methoxy groups -OCH3 is 1. The minimum atomic E-state index is 0.387. The molecule has 0 unspecified atom stereocenters. The van der Waals surface area contributed by atoms with E-state index >= 15 is 0 Å². The van der Waals surface area contributed by atoms with Crippen LogP contribution in [0.1, 0.15) is 25.1 Å². The number of nitrogens with zero attached hydrogens (tertiary/aromatic N) is 2. The van der Waals surface area contributed by atoms with Crippen LogP contribution in [-0.4, -0.2) is 23.6 Å². The Labute approximate surface area is 100 Å². The Morgan fingerprint density at radius 2 is 2.31 bits per heavy atom. The van der Waals surface area contributed by atoms with Crippen LogP contribution in [0.4, 0.5) is 5.82 Å². The van der Waals surface area contributed by atoms with Crippen molar-refractivity contribution < 1.29 is 4.74 Å². The molecule has 88 valence electrons. The Morgan fingerprint density at radius 1 is 1.50 bits per heavy atom. The average molecular weight is 242 g/mol. The minimum absolute atomic E-state index is 0.387. The Kier molecular flexibility index (Phi) is 3.96. The quantitative estimate of drug-likeness (QED) is 0.778. The molecule has 2 rings (SSSR count). The first-order chi connectivity index (χ1) is 7.78. The van der Waals surface area contributed by atoms with Gasteiger partial charge in [0.25, 0.3) is 0 Å². The van der Waals surface area contributed by atoms with Gasteiger partial charge in [0.05, 0.1) is 0 Å². The molecule has 16 heavy (non-hydrogen) atoms. The third-order valence-electron chi connectivity index (χ3n) is 2.57. The number of hydrogen-bond acceptors (Lipinski definition) is 4. The zero-order valence-electron chi connectivity index (χ0n) is 9.37. The molecule has 1 N–H and O–H groups in total. The maximum atomic E-state index is 5.89. The molecule has 5 heteroatoms. The fourth-order valence-corrected chi connectivity index (χ4v) is 1.76. The van der Waals surface area contributed by atoms with Crippen molar-refractivity contribution >= 4 is 17.4 Å². The Morgan fingerprint density at radius 3 is 3.00 bits per heavy atom. The zero-order valence-corrected chi connectivity index (χ0v) is 10.1. The van der Waals surface area contributed by atoms with Crippen LogP contribution in [0, 0.1) is 5.92 Å². The molecule has 0 bridgehead atoms. The number of rotatable bonds is 6. The first-order valence-corrected chi connectivity index (χ1v) is 5.92. The first-order valence-electron chi connectivity index (χ1n) is 5.54. The first kappa shape index (κ1) is 11.6. The molecule has 0 amide bonds. The van der Waals surface area contributed by atoms with Gasteiger partial charge in [0.15, 0.2) is 5.82 Å². The highest BCUT2D eigenvalue weighted by molar-refractivity contribution is 6.29. The molecule has 1 fully saturated rings. The van der Waals surface area contributed by atoms with E-state index in [4.69, 9.17) is 16.3 Å². The molecule has 1 aliphatic carbocycles. The van der Waals surface area contributed by atoms with Crippen molar-refractivity contribution in [2.24, 2.45) is 5.92 Å². The number of halogens is 1. The molecule has 0 spiro atoms. The normalized spacial score (nSPS) is 15.1. The molecular formula is C11H16ClN3O. The van der Waals surface area contributed by atoms with Crippen molar-refractivity contribution in [3.63, 3.8) is 0 Å². The summed E-state index contributed by atoms with van der Waals surface area (Å²) in [5.74, 6) is 2.32. The largest absolute Gasteiger partial charge is 0.377 e. The number of hydrogen-bond donors (Lipinski definition) is 1. The SMILES string of the molecule is COCc1nc(Cl)cc(NCCC2CC2)n1. The van der Waals surface area contributed by atoms with Crippen LogP contribution in [0.15, 0.2) is 6.07 Å². The van der Waals surface area contributed by atoms with Crippen molar-refractivity contribution in [1.82, 2.24) is 9.97 Å². The van der Waals surface area contributed by atoms with Crippen molar-refractivity contribution in [3.05, 3.63) is 17.0 Å². The van der Waals surface area contributed by atoms with Gasteiger partial charge in [0.1, 0.15) is 17.6 Å². The topological polar surface area (TPSA) is 47.0 Å². The highest BCUT2D eigenvalue weighted by atomic mass is 35.5. The summed E-state index contributed by atoms with van der Waals surface area (Å²) < 4.78 is 4.98. The summed E-state index contributed by atoms with van der Waals surface area (Å²) in [6.07, 6.45) is 3.96. The Hall–Kier alpha value is -0.870. The molecule has 0 saturated heterocycles. The summed E-state index contributed by atoms with van der Waals surface area (Å²) in [7, 11) is 1.62. The number of nitrogens with one attached hydrogen (secondary N) is 1. The maximum absolute atomic E-state index is 5.89. The van der Waals surface area contributed by atoms with Crippen LogP contribution >= 0.6 is 11.6 Å². The van der Waals surface area contributed by atoms with Crippen LogP contribution in [0.3, 0.4) is 0 Å². The van der Waals surface area contributed by atoms with Gasteiger partial charge in [0.2, 0.25) is 0 Å². The Bertz CT molecular complexity index is 355. The van der Waals surface area contributed by atoms with Crippen molar-refractivity contribution in [3.8, 4) is 0 Å². The van der Waals surface area contributed by atoms with Crippen LogP contribution in [-0.2, 0) is 11.3 Å². The molecule has 4 nitrogen and oxygen atoms in total. The lowest BCUT2D eigenvalue weighted by Gasteiger charge is -2.07. The van der Waals surface area contributed by atoms with E-state index in [-0.39, 0.29) is 0 Å². The van der Waals surface area contributed by atoms with E-state index in [1.165, 1.54) is 19.3 Å². The maximum Gasteiger partial charge on any atom is 0.158 e. The third-order valence-corrected chi connectivity index (χ3v) is 2.76. The van der Waals surface area contributed by atoms with Crippen molar-refractivity contribution in [1.29, 1.82) is 0 Å². The molecule has 1 heterocycles. The van der Waals surface area contributed by atoms with Gasteiger partial charge in [-0.3, -0.25) is 0 Å². The molecule has 0 radical (unpaired) electrons. The molecule has 1 saturated carbocycles. The molecule has 0 atom stereocenters. The number of anilines is 1. The number of aromatic nitrogens is 2. The van der Waals surface area contributed by atoms with Gasteiger partial charge in [-0.2, -0.15) is 0 Å². The molecule has 1 aliphatic rings. The second kappa shape index (κ2) is 5.46. The van der Waals surface area contributed by atoms with E-state index < -0.39 is 0 Å². The molecule has 0 aromatic carbocycles. The van der Waals surface area contributed by atoms with Gasteiger partial charge in [-0.25, -0.2) is 9.97 Å². The smallest absolute Gasteiger partial charge is 0.158 e. The highest BCUT2D eigenvalue weighted by Crippen LogP contribution is 2.32. The van der Waals surface area contributed by atoms with Gasteiger partial charge in [-0.15, -0.1) is 0 Å². The predicted molar refractivity (Wildman–Crippen MR) is 63.6 cm³/mol. The second-order valence-electron chi connectivity index (χ2n) is 4.08. The summed E-state index contributed by atoms with van der Waals surface area (Å²) in [6.45, 7) is 1.34. The van der Waals surface area contributed by atoms with Crippen molar-refractivity contribution in [2.75, 3.05) is 19.0 Å². The van der Waals surface area contributed by atoms with Crippen molar-refractivity contribution in [2.45, 2.75) is 25.9 Å². The number of ether oxygens (including phenoxy) is 1. The summed E-state index contributed by atoms with van der Waals surface area (Å²) in [6, 6.07) is 1.74. The second-order valence-corrected chi connectivity index (χ2v) is 4.47. The lowest BCUT2D eigenvalue weighted by atomic mass is 10.3. The minimum Gasteiger partial charge on any atom is -0.377 e. The summed E-state index contributed by atoms with van der Waals surface area (Å²) >= 11 is 5.89. The summed E-state index contributed by atoms with van der Waals surface area (Å²) in [4.78, 5) is 8.38. The standard InChI is InChI=1S/C11H16ClN3O/c1-16-7-11-14-9(12)6-10(15-11)13-5-4-8-2-3-8/h6,8H,2-5,7H2,1H3,(H,13,14,15). The van der Waals surface area contributed by atoms with E-state index in [0.717, 1.165) is 18.3 Å². The van der Waals surface area contributed by atoms with E-state index in [2.05, 4.69) is 15.3 Å². The van der Waals surface area contributed by atoms with E-state index in [0.29, 0.717) is 17.6 Å². The Balaban J connectivity index is 1.90. The van der Waals surface area contributed by atoms with Gasteiger partial charge in [0, 0.05) is 19.7 Å². The molecule has 0 aliphatic heterocycles. The lowest BCUT2D eigenvalue weighted by molar-refractivity contribution is 0.178. The zero-order chi connectivity index (χ0) is 11.4. The van der Waals surface area contributed by atoms with E-state index in [1.807, 2.05) is 0 Å². The fourth-order valence-electron chi connectivity index (χ4n) is 1.56. The van der Waals surface area contributed by atoms with Crippen LogP contribution in [0.25, 0.3) is 0 Å². The molecule has 1 aromatic heterocycles. The monoisotopic (exact) mass is 241 g/mol. The molecule has 1 aromatic rings.